The summed E-state index contributed by atoms with van der Waals surface area (Å²) in [7, 11) is -3.68. The van der Waals surface area contributed by atoms with E-state index in [0.717, 1.165) is 4.90 Å². The van der Waals surface area contributed by atoms with E-state index in [0.29, 0.717) is 38.0 Å². The fraction of sp³-hybridized carbons (Fsp3) is 0.471. The summed E-state index contributed by atoms with van der Waals surface area (Å²) < 4.78 is 26.9. The van der Waals surface area contributed by atoms with E-state index in [1.54, 1.807) is 4.90 Å². The monoisotopic (exact) mass is 379 g/mol. The van der Waals surface area contributed by atoms with Gasteiger partial charge < -0.3 is 4.90 Å². The molecule has 0 aromatic heterocycles. The molecule has 0 spiro atoms. The standard InChI is InChI=1S/C17H21N3O5S/c1-13(21)18-9-11-19(12-10-18)26(24,25)15-7-5-14(6-8-15)20-16(22)3-2-4-17(20)23/h5-8H,2-4,9-12H2,1H3. The van der Waals surface area contributed by atoms with Crippen molar-refractivity contribution >= 4 is 33.4 Å². The zero-order valence-electron chi connectivity index (χ0n) is 14.6. The van der Waals surface area contributed by atoms with E-state index >= 15 is 0 Å². The molecular weight excluding hydrogens is 358 g/mol. The summed E-state index contributed by atoms with van der Waals surface area (Å²) in [5.74, 6) is -0.600. The number of sulfonamides is 1. The van der Waals surface area contributed by atoms with E-state index in [1.165, 1.54) is 35.5 Å². The van der Waals surface area contributed by atoms with Gasteiger partial charge in [0.15, 0.2) is 0 Å². The predicted octanol–water partition coefficient (Wildman–Crippen LogP) is 0.583. The van der Waals surface area contributed by atoms with Crippen LogP contribution in [-0.4, -0.2) is 61.5 Å². The van der Waals surface area contributed by atoms with Crippen LogP contribution in [0.5, 0.6) is 0 Å². The molecule has 2 aliphatic heterocycles. The number of nitrogens with zero attached hydrogens (tertiary/aromatic N) is 3. The van der Waals surface area contributed by atoms with Crippen molar-refractivity contribution in [2.45, 2.75) is 31.1 Å². The van der Waals surface area contributed by atoms with Crippen molar-refractivity contribution in [3.8, 4) is 0 Å². The molecular formula is C17H21N3O5S. The number of hydrogen-bond acceptors (Lipinski definition) is 5. The number of rotatable bonds is 3. The van der Waals surface area contributed by atoms with E-state index in [-0.39, 0.29) is 35.7 Å². The molecule has 2 saturated heterocycles. The van der Waals surface area contributed by atoms with Gasteiger partial charge in [-0.2, -0.15) is 4.31 Å². The summed E-state index contributed by atoms with van der Waals surface area (Å²) >= 11 is 0. The van der Waals surface area contributed by atoms with Crippen LogP contribution in [0.2, 0.25) is 0 Å². The van der Waals surface area contributed by atoms with Crippen molar-refractivity contribution in [1.82, 2.24) is 9.21 Å². The first-order chi connectivity index (χ1) is 12.3. The van der Waals surface area contributed by atoms with Gasteiger partial charge in [-0.1, -0.05) is 0 Å². The Bertz CT molecular complexity index is 810. The average Bonchev–Trinajstić information content (AvgIpc) is 2.62. The van der Waals surface area contributed by atoms with Crippen LogP contribution >= 0.6 is 0 Å². The average molecular weight is 379 g/mol. The van der Waals surface area contributed by atoms with Crippen molar-refractivity contribution in [3.05, 3.63) is 24.3 Å². The minimum atomic E-state index is -3.68. The van der Waals surface area contributed by atoms with Crippen LogP contribution in [0.1, 0.15) is 26.2 Å². The fourth-order valence-electron chi connectivity index (χ4n) is 3.20. The molecule has 0 radical (unpaired) electrons. The first-order valence-electron chi connectivity index (χ1n) is 8.52. The number of anilines is 1. The summed E-state index contributed by atoms with van der Waals surface area (Å²) in [6.07, 6.45) is 1.17. The summed E-state index contributed by atoms with van der Waals surface area (Å²) in [5.41, 5.74) is 0.389. The van der Waals surface area contributed by atoms with Gasteiger partial charge in [0.2, 0.25) is 27.7 Å². The Morgan fingerprint density at radius 2 is 1.46 bits per heavy atom. The molecule has 3 rings (SSSR count). The molecule has 2 aliphatic rings. The highest BCUT2D eigenvalue weighted by Crippen LogP contribution is 2.25. The third-order valence-corrected chi connectivity index (χ3v) is 6.61. The van der Waals surface area contributed by atoms with E-state index in [2.05, 4.69) is 0 Å². The van der Waals surface area contributed by atoms with Crippen molar-refractivity contribution in [3.63, 3.8) is 0 Å². The summed E-state index contributed by atoms with van der Waals surface area (Å²) in [4.78, 5) is 38.1. The van der Waals surface area contributed by atoms with Crippen LogP contribution < -0.4 is 4.90 Å². The Morgan fingerprint density at radius 1 is 0.923 bits per heavy atom. The van der Waals surface area contributed by atoms with Crippen molar-refractivity contribution in [1.29, 1.82) is 0 Å². The molecule has 2 fully saturated rings. The van der Waals surface area contributed by atoms with Crippen molar-refractivity contribution < 1.29 is 22.8 Å². The second-order valence-electron chi connectivity index (χ2n) is 6.38. The SMILES string of the molecule is CC(=O)N1CCN(S(=O)(=O)c2ccc(N3C(=O)CCCC3=O)cc2)CC1. The van der Waals surface area contributed by atoms with Gasteiger partial charge in [-0.3, -0.25) is 19.3 Å². The number of piperazine rings is 1. The van der Waals surface area contributed by atoms with Crippen LogP contribution in [0.15, 0.2) is 29.2 Å². The Kier molecular flexibility index (Phi) is 5.10. The minimum Gasteiger partial charge on any atom is -0.340 e. The van der Waals surface area contributed by atoms with Crippen molar-refractivity contribution in [2.75, 3.05) is 31.1 Å². The maximum absolute atomic E-state index is 12.8. The molecule has 0 unspecified atom stereocenters. The van der Waals surface area contributed by atoms with Gasteiger partial charge in [-0.25, -0.2) is 8.42 Å². The molecule has 0 atom stereocenters. The van der Waals surface area contributed by atoms with E-state index < -0.39 is 10.0 Å². The molecule has 0 N–H and O–H groups in total. The molecule has 0 bridgehead atoms. The molecule has 2 heterocycles. The number of amides is 3. The third-order valence-electron chi connectivity index (χ3n) is 4.70. The summed E-state index contributed by atoms with van der Waals surface area (Å²) in [6.45, 7) is 2.68. The first kappa shape index (κ1) is 18.5. The van der Waals surface area contributed by atoms with Gasteiger partial charge in [0, 0.05) is 45.9 Å². The van der Waals surface area contributed by atoms with E-state index in [4.69, 9.17) is 0 Å². The molecule has 26 heavy (non-hydrogen) atoms. The van der Waals surface area contributed by atoms with Gasteiger partial charge in [0.1, 0.15) is 0 Å². The summed E-state index contributed by atoms with van der Waals surface area (Å²) in [5, 5.41) is 0. The van der Waals surface area contributed by atoms with Gasteiger partial charge >= 0.3 is 0 Å². The number of benzene rings is 1. The van der Waals surface area contributed by atoms with Gasteiger partial charge in [0.25, 0.3) is 0 Å². The smallest absolute Gasteiger partial charge is 0.243 e. The number of piperidine rings is 1. The quantitative estimate of drug-likeness (QED) is 0.716. The number of imide groups is 1. The first-order valence-corrected chi connectivity index (χ1v) is 9.96. The lowest BCUT2D eigenvalue weighted by atomic mass is 10.1. The molecule has 140 valence electrons. The molecule has 3 amide bonds. The van der Waals surface area contributed by atoms with E-state index in [1.807, 2.05) is 0 Å². The Morgan fingerprint density at radius 3 is 1.96 bits per heavy atom. The Balaban J connectivity index is 1.76. The lowest BCUT2D eigenvalue weighted by Gasteiger charge is -2.33. The topological polar surface area (TPSA) is 95.1 Å². The Hall–Kier alpha value is -2.26. The second kappa shape index (κ2) is 7.16. The zero-order chi connectivity index (χ0) is 18.9. The highest BCUT2D eigenvalue weighted by molar-refractivity contribution is 7.89. The number of carbonyl (C=O) groups is 3. The highest BCUT2D eigenvalue weighted by Gasteiger charge is 2.31. The molecule has 1 aromatic rings. The summed E-state index contributed by atoms with van der Waals surface area (Å²) in [6, 6.07) is 5.80. The lowest BCUT2D eigenvalue weighted by molar-refractivity contribution is -0.130. The van der Waals surface area contributed by atoms with Crippen LogP contribution in [0.25, 0.3) is 0 Å². The largest absolute Gasteiger partial charge is 0.340 e. The van der Waals surface area contributed by atoms with Crippen LogP contribution in [0.4, 0.5) is 5.69 Å². The third kappa shape index (κ3) is 3.49. The molecule has 1 aromatic carbocycles. The minimum absolute atomic E-state index is 0.0673. The van der Waals surface area contributed by atoms with Gasteiger partial charge in [-0.15, -0.1) is 0 Å². The lowest BCUT2D eigenvalue weighted by Crippen LogP contribution is -2.49. The second-order valence-corrected chi connectivity index (χ2v) is 8.32. The zero-order valence-corrected chi connectivity index (χ0v) is 15.4. The maximum Gasteiger partial charge on any atom is 0.243 e. The van der Waals surface area contributed by atoms with E-state index in [9.17, 15) is 22.8 Å². The predicted molar refractivity (Wildman–Crippen MR) is 93.8 cm³/mol. The molecule has 0 aliphatic carbocycles. The normalized spacial score (nSPS) is 19.7. The maximum atomic E-state index is 12.8. The van der Waals surface area contributed by atoms with Crippen LogP contribution in [-0.2, 0) is 24.4 Å². The molecule has 8 nitrogen and oxygen atoms in total. The Labute approximate surface area is 152 Å². The van der Waals surface area contributed by atoms with Crippen LogP contribution in [0, 0.1) is 0 Å². The van der Waals surface area contributed by atoms with Gasteiger partial charge in [-0.05, 0) is 30.7 Å². The van der Waals surface area contributed by atoms with Crippen molar-refractivity contribution in [2.24, 2.45) is 0 Å². The molecule has 0 saturated carbocycles. The van der Waals surface area contributed by atoms with Gasteiger partial charge in [0.05, 0.1) is 10.6 Å². The highest BCUT2D eigenvalue weighted by atomic mass is 32.2. The number of hydrogen-bond donors (Lipinski definition) is 0. The number of carbonyl (C=O) groups excluding carboxylic acids is 3. The fourth-order valence-corrected chi connectivity index (χ4v) is 4.62. The molecule has 9 heteroatoms. The van der Waals surface area contributed by atoms with Crippen LogP contribution in [0.3, 0.4) is 0 Å².